The predicted octanol–water partition coefficient (Wildman–Crippen LogP) is 3.50. The molecule has 1 heterocycles. The van der Waals surface area contributed by atoms with Crippen LogP contribution in [0.15, 0.2) is 41.2 Å². The Bertz CT molecular complexity index is 554. The highest BCUT2D eigenvalue weighted by atomic mass is 19.1. The van der Waals surface area contributed by atoms with Crippen LogP contribution in [0.2, 0.25) is 0 Å². The van der Waals surface area contributed by atoms with Crippen molar-refractivity contribution in [2.24, 2.45) is 0 Å². The Morgan fingerprint density at radius 1 is 1.44 bits per heavy atom. The van der Waals surface area contributed by atoms with Crippen LogP contribution in [-0.4, -0.2) is 4.92 Å². The van der Waals surface area contributed by atoms with Crippen molar-refractivity contribution in [3.63, 3.8) is 0 Å². The Morgan fingerprint density at radius 2 is 2.22 bits per heavy atom. The van der Waals surface area contributed by atoms with Crippen LogP contribution in [0.25, 0.3) is 0 Å². The van der Waals surface area contributed by atoms with Crippen molar-refractivity contribution in [2.45, 2.75) is 13.0 Å². The number of nitro benzene ring substituents is 1. The summed E-state index contributed by atoms with van der Waals surface area (Å²) in [6.45, 7) is 1.76. The Hall–Kier alpha value is -2.37. The van der Waals surface area contributed by atoms with Gasteiger partial charge in [-0.2, -0.15) is 0 Å². The predicted molar refractivity (Wildman–Crippen MR) is 63.8 cm³/mol. The standard InChI is InChI=1S/C12H11FN2O3/c1-8(9-5-6-18-7-9)14-12-10(13)3-2-4-11(12)15(16)17/h2-8,14H,1H3. The Kier molecular flexibility index (Phi) is 3.27. The molecule has 0 bridgehead atoms. The Balaban J connectivity index is 2.31. The molecule has 5 nitrogen and oxygen atoms in total. The maximum absolute atomic E-state index is 13.6. The van der Waals surface area contributed by atoms with E-state index in [1.807, 2.05) is 0 Å². The summed E-state index contributed by atoms with van der Waals surface area (Å²) in [5.74, 6) is -0.653. The molecule has 0 saturated carbocycles. The SMILES string of the molecule is CC(Nc1c(F)cccc1[N+](=O)[O-])c1ccoc1. The summed E-state index contributed by atoms with van der Waals surface area (Å²) in [5.41, 5.74) is 0.383. The van der Waals surface area contributed by atoms with Crippen LogP contribution in [0.3, 0.4) is 0 Å². The monoisotopic (exact) mass is 250 g/mol. The van der Waals surface area contributed by atoms with Crippen molar-refractivity contribution in [2.75, 3.05) is 5.32 Å². The van der Waals surface area contributed by atoms with Crippen molar-refractivity contribution in [3.05, 3.63) is 58.3 Å². The van der Waals surface area contributed by atoms with E-state index in [0.29, 0.717) is 0 Å². The Morgan fingerprint density at radius 3 is 2.83 bits per heavy atom. The highest BCUT2D eigenvalue weighted by Gasteiger charge is 2.20. The molecule has 2 rings (SSSR count). The second-order valence-corrected chi connectivity index (χ2v) is 3.81. The third-order valence-electron chi connectivity index (χ3n) is 2.59. The molecule has 0 aliphatic rings. The Labute approximate surface area is 102 Å². The molecule has 1 unspecified atom stereocenters. The summed E-state index contributed by atoms with van der Waals surface area (Å²) in [6.07, 6.45) is 2.99. The van der Waals surface area contributed by atoms with Gasteiger partial charge in [-0.3, -0.25) is 10.1 Å². The largest absolute Gasteiger partial charge is 0.472 e. The van der Waals surface area contributed by atoms with Crippen molar-refractivity contribution >= 4 is 11.4 Å². The van der Waals surface area contributed by atoms with Crippen LogP contribution in [0.1, 0.15) is 18.5 Å². The first-order valence-corrected chi connectivity index (χ1v) is 5.31. The van der Waals surface area contributed by atoms with E-state index in [-0.39, 0.29) is 17.4 Å². The fraction of sp³-hybridized carbons (Fsp3) is 0.167. The third kappa shape index (κ3) is 2.32. The lowest BCUT2D eigenvalue weighted by atomic mass is 10.1. The summed E-state index contributed by atoms with van der Waals surface area (Å²) in [7, 11) is 0. The van der Waals surface area contributed by atoms with E-state index in [2.05, 4.69) is 5.32 Å². The number of nitrogens with one attached hydrogen (secondary N) is 1. The maximum atomic E-state index is 13.6. The molecule has 0 radical (unpaired) electrons. The second kappa shape index (κ2) is 4.87. The topological polar surface area (TPSA) is 68.3 Å². The minimum atomic E-state index is -0.653. The molecule has 94 valence electrons. The summed E-state index contributed by atoms with van der Waals surface area (Å²) in [6, 6.07) is 5.16. The molecular weight excluding hydrogens is 239 g/mol. The first-order valence-electron chi connectivity index (χ1n) is 5.31. The van der Waals surface area contributed by atoms with Gasteiger partial charge in [0, 0.05) is 11.6 Å². The number of para-hydroxylation sites is 1. The number of furan rings is 1. The normalized spacial score (nSPS) is 12.1. The number of anilines is 1. The average Bonchev–Trinajstić information content (AvgIpc) is 2.85. The first kappa shape index (κ1) is 12.1. The zero-order chi connectivity index (χ0) is 13.1. The molecule has 1 aromatic heterocycles. The molecule has 0 spiro atoms. The smallest absolute Gasteiger partial charge is 0.295 e. The van der Waals surface area contributed by atoms with Gasteiger partial charge in [-0.25, -0.2) is 4.39 Å². The number of halogens is 1. The highest BCUT2D eigenvalue weighted by Crippen LogP contribution is 2.30. The quantitative estimate of drug-likeness (QED) is 0.666. The minimum absolute atomic E-state index is 0.115. The third-order valence-corrected chi connectivity index (χ3v) is 2.59. The molecule has 1 atom stereocenters. The van der Waals surface area contributed by atoms with Crippen LogP contribution >= 0.6 is 0 Å². The molecule has 18 heavy (non-hydrogen) atoms. The van der Waals surface area contributed by atoms with Gasteiger partial charge in [-0.05, 0) is 19.1 Å². The van der Waals surface area contributed by atoms with Crippen molar-refractivity contribution in [1.29, 1.82) is 0 Å². The fourth-order valence-corrected chi connectivity index (χ4v) is 1.63. The fourth-order valence-electron chi connectivity index (χ4n) is 1.63. The van der Waals surface area contributed by atoms with Crippen molar-refractivity contribution in [3.8, 4) is 0 Å². The van der Waals surface area contributed by atoms with E-state index in [1.54, 1.807) is 13.0 Å². The number of nitrogens with zero attached hydrogens (tertiary/aromatic N) is 1. The van der Waals surface area contributed by atoms with Gasteiger partial charge in [0.05, 0.1) is 23.5 Å². The van der Waals surface area contributed by atoms with Gasteiger partial charge < -0.3 is 9.73 Å². The van der Waals surface area contributed by atoms with Gasteiger partial charge in [0.15, 0.2) is 5.82 Å². The van der Waals surface area contributed by atoms with Crippen LogP contribution in [0.5, 0.6) is 0 Å². The molecule has 0 amide bonds. The first-order chi connectivity index (χ1) is 8.59. The molecule has 1 N–H and O–H groups in total. The number of benzene rings is 1. The molecule has 0 aliphatic heterocycles. The van der Waals surface area contributed by atoms with Crippen LogP contribution in [0, 0.1) is 15.9 Å². The number of hydrogen-bond acceptors (Lipinski definition) is 4. The molecule has 2 aromatic rings. The minimum Gasteiger partial charge on any atom is -0.472 e. The number of nitro groups is 1. The van der Waals surface area contributed by atoms with Gasteiger partial charge in [0.25, 0.3) is 5.69 Å². The van der Waals surface area contributed by atoms with E-state index < -0.39 is 10.7 Å². The second-order valence-electron chi connectivity index (χ2n) is 3.81. The van der Waals surface area contributed by atoms with E-state index in [9.17, 15) is 14.5 Å². The summed E-state index contributed by atoms with van der Waals surface area (Å²) >= 11 is 0. The summed E-state index contributed by atoms with van der Waals surface area (Å²) in [4.78, 5) is 10.2. The van der Waals surface area contributed by atoms with Crippen LogP contribution in [-0.2, 0) is 0 Å². The lowest BCUT2D eigenvalue weighted by Gasteiger charge is -2.14. The van der Waals surface area contributed by atoms with E-state index in [4.69, 9.17) is 4.42 Å². The van der Waals surface area contributed by atoms with Crippen LogP contribution in [0.4, 0.5) is 15.8 Å². The zero-order valence-corrected chi connectivity index (χ0v) is 9.59. The molecule has 0 aliphatic carbocycles. The van der Waals surface area contributed by atoms with Gasteiger partial charge in [-0.1, -0.05) is 6.07 Å². The van der Waals surface area contributed by atoms with Gasteiger partial charge >= 0.3 is 0 Å². The lowest BCUT2D eigenvalue weighted by Crippen LogP contribution is -2.09. The van der Waals surface area contributed by atoms with E-state index >= 15 is 0 Å². The average molecular weight is 250 g/mol. The van der Waals surface area contributed by atoms with Crippen molar-refractivity contribution < 1.29 is 13.7 Å². The molecule has 0 saturated heterocycles. The maximum Gasteiger partial charge on any atom is 0.295 e. The lowest BCUT2D eigenvalue weighted by molar-refractivity contribution is -0.384. The molecular formula is C12H11FN2O3. The van der Waals surface area contributed by atoms with E-state index in [1.165, 1.54) is 30.7 Å². The van der Waals surface area contributed by atoms with Gasteiger partial charge in [0.2, 0.25) is 0 Å². The molecule has 1 aromatic carbocycles. The number of hydrogen-bond donors (Lipinski definition) is 1. The molecule has 0 fully saturated rings. The highest BCUT2D eigenvalue weighted by molar-refractivity contribution is 5.63. The summed E-state index contributed by atoms with van der Waals surface area (Å²) in [5, 5.41) is 13.6. The van der Waals surface area contributed by atoms with Crippen LogP contribution < -0.4 is 5.32 Å². The summed E-state index contributed by atoms with van der Waals surface area (Å²) < 4.78 is 18.5. The zero-order valence-electron chi connectivity index (χ0n) is 9.59. The molecule has 6 heteroatoms. The van der Waals surface area contributed by atoms with E-state index in [0.717, 1.165) is 5.56 Å². The number of rotatable bonds is 4. The van der Waals surface area contributed by atoms with Gasteiger partial charge in [-0.15, -0.1) is 0 Å². The van der Waals surface area contributed by atoms with Crippen molar-refractivity contribution in [1.82, 2.24) is 0 Å². The van der Waals surface area contributed by atoms with Gasteiger partial charge in [0.1, 0.15) is 5.69 Å².